The smallest absolute Gasteiger partial charge is 0.465 e. The highest BCUT2D eigenvalue weighted by molar-refractivity contribution is 9.10. The van der Waals surface area contributed by atoms with E-state index in [0.717, 1.165) is 0 Å². The number of esters is 1. The zero-order chi connectivity index (χ0) is 14.0. The van der Waals surface area contributed by atoms with Gasteiger partial charge in [0.05, 0.1) is 12.7 Å². The maximum atomic E-state index is 11.3. The lowest BCUT2D eigenvalue weighted by Crippen LogP contribution is -2.47. The number of hydrogen-bond acceptors (Lipinski definition) is 5. The predicted molar refractivity (Wildman–Crippen MR) is 74.8 cm³/mol. The monoisotopic (exact) mass is 342 g/mol. The summed E-state index contributed by atoms with van der Waals surface area (Å²) in [6.07, 6.45) is 0. The lowest BCUT2D eigenvalue weighted by molar-refractivity contribution is -0.142. The number of hydrogen-bond donors (Lipinski definition) is 0. The molecule has 0 aromatic rings. The van der Waals surface area contributed by atoms with Gasteiger partial charge in [0.25, 0.3) is 0 Å². The Morgan fingerprint density at radius 3 is 1.89 bits per heavy atom. The summed E-state index contributed by atoms with van der Waals surface area (Å²) in [5, 5.41) is 0. The van der Waals surface area contributed by atoms with E-state index in [2.05, 4.69) is 15.9 Å². The van der Waals surface area contributed by atoms with Crippen LogP contribution in [0.3, 0.4) is 0 Å². The summed E-state index contributed by atoms with van der Waals surface area (Å²) in [4.78, 5) is 11.0. The Bertz CT molecular complexity index is 220. The standard InChI is InChI=1S/C11H23BrO5Si/c1-5-15-18(16-6-2,17-7-3)9-8-14-11(13)10(4)12/h10H,5-9H2,1-4H3. The molecule has 108 valence electrons. The van der Waals surface area contributed by atoms with Crippen molar-refractivity contribution in [2.45, 2.75) is 38.6 Å². The van der Waals surface area contributed by atoms with Crippen LogP contribution in [-0.2, 0) is 22.8 Å². The quantitative estimate of drug-likeness (QED) is 0.346. The first-order valence-electron chi connectivity index (χ1n) is 6.23. The second-order valence-corrected chi connectivity index (χ2v) is 7.62. The predicted octanol–water partition coefficient (Wildman–Crippen LogP) is 2.36. The van der Waals surface area contributed by atoms with Crippen LogP contribution in [0.2, 0.25) is 6.04 Å². The molecule has 0 bridgehead atoms. The Labute approximate surface area is 119 Å². The van der Waals surface area contributed by atoms with Crippen molar-refractivity contribution < 1.29 is 22.8 Å². The second kappa shape index (κ2) is 9.91. The van der Waals surface area contributed by atoms with E-state index in [9.17, 15) is 4.79 Å². The van der Waals surface area contributed by atoms with Crippen molar-refractivity contribution in [1.29, 1.82) is 0 Å². The van der Waals surface area contributed by atoms with Gasteiger partial charge in [-0.3, -0.25) is 4.79 Å². The second-order valence-electron chi connectivity index (χ2n) is 3.52. The molecule has 0 saturated heterocycles. The van der Waals surface area contributed by atoms with Gasteiger partial charge < -0.3 is 18.0 Å². The third-order valence-electron chi connectivity index (χ3n) is 2.07. The molecule has 7 heteroatoms. The highest BCUT2D eigenvalue weighted by Gasteiger charge is 2.40. The number of ether oxygens (including phenoxy) is 1. The van der Waals surface area contributed by atoms with E-state index in [1.807, 2.05) is 20.8 Å². The zero-order valence-electron chi connectivity index (χ0n) is 11.5. The van der Waals surface area contributed by atoms with Gasteiger partial charge in [0.2, 0.25) is 0 Å². The lowest BCUT2D eigenvalue weighted by Gasteiger charge is -2.28. The topological polar surface area (TPSA) is 54.0 Å². The molecule has 18 heavy (non-hydrogen) atoms. The molecule has 0 aromatic heterocycles. The maximum absolute atomic E-state index is 11.3. The molecule has 0 fully saturated rings. The minimum absolute atomic E-state index is 0.251. The summed E-state index contributed by atoms with van der Waals surface area (Å²) >= 11 is 3.16. The van der Waals surface area contributed by atoms with Crippen molar-refractivity contribution in [3.63, 3.8) is 0 Å². The van der Waals surface area contributed by atoms with E-state index in [-0.39, 0.29) is 17.4 Å². The molecule has 1 atom stereocenters. The fourth-order valence-electron chi connectivity index (χ4n) is 1.39. The number of carbonyl (C=O) groups is 1. The van der Waals surface area contributed by atoms with Crippen LogP contribution in [0.25, 0.3) is 0 Å². The summed E-state index contributed by atoms with van der Waals surface area (Å²) in [6.45, 7) is 9.23. The van der Waals surface area contributed by atoms with Gasteiger partial charge in [0.15, 0.2) is 0 Å². The highest BCUT2D eigenvalue weighted by Crippen LogP contribution is 2.16. The first-order chi connectivity index (χ1) is 8.51. The molecule has 0 radical (unpaired) electrons. The van der Waals surface area contributed by atoms with Gasteiger partial charge in [-0.05, 0) is 27.7 Å². The van der Waals surface area contributed by atoms with Gasteiger partial charge in [0, 0.05) is 19.8 Å². The van der Waals surface area contributed by atoms with Gasteiger partial charge in [-0.15, -0.1) is 0 Å². The van der Waals surface area contributed by atoms with Crippen molar-refractivity contribution in [2.75, 3.05) is 26.4 Å². The first kappa shape index (κ1) is 18.0. The molecule has 5 nitrogen and oxygen atoms in total. The number of rotatable bonds is 10. The van der Waals surface area contributed by atoms with Crippen LogP contribution in [0.5, 0.6) is 0 Å². The summed E-state index contributed by atoms with van der Waals surface area (Å²) in [5.41, 5.74) is 0. The van der Waals surface area contributed by atoms with Gasteiger partial charge in [0.1, 0.15) is 4.83 Å². The molecule has 0 aliphatic heterocycles. The van der Waals surface area contributed by atoms with E-state index in [0.29, 0.717) is 25.9 Å². The van der Waals surface area contributed by atoms with Crippen LogP contribution in [-0.4, -0.2) is 46.0 Å². The molecule has 0 aliphatic carbocycles. The van der Waals surface area contributed by atoms with Gasteiger partial charge in [-0.1, -0.05) is 15.9 Å². The summed E-state index contributed by atoms with van der Waals surface area (Å²) in [5.74, 6) is -0.289. The van der Waals surface area contributed by atoms with E-state index in [4.69, 9.17) is 18.0 Å². The van der Waals surface area contributed by atoms with E-state index >= 15 is 0 Å². The summed E-state index contributed by atoms with van der Waals surface area (Å²) < 4.78 is 22.0. The fraction of sp³-hybridized carbons (Fsp3) is 0.909. The molecule has 0 saturated carbocycles. The number of halogens is 1. The molecule has 0 amide bonds. The largest absolute Gasteiger partial charge is 0.504 e. The van der Waals surface area contributed by atoms with Crippen molar-refractivity contribution in [3.05, 3.63) is 0 Å². The van der Waals surface area contributed by atoms with Gasteiger partial charge in [-0.25, -0.2) is 0 Å². The first-order valence-corrected chi connectivity index (χ1v) is 9.08. The normalized spacial score (nSPS) is 13.4. The minimum Gasteiger partial charge on any atom is -0.465 e. The molecule has 0 aromatic carbocycles. The molecular formula is C11H23BrO5Si. The van der Waals surface area contributed by atoms with Crippen molar-refractivity contribution in [2.24, 2.45) is 0 Å². The Kier molecular flexibility index (Phi) is 9.94. The lowest BCUT2D eigenvalue weighted by atomic mass is 10.5. The third kappa shape index (κ3) is 6.84. The zero-order valence-corrected chi connectivity index (χ0v) is 14.1. The Balaban J connectivity index is 4.33. The van der Waals surface area contributed by atoms with E-state index < -0.39 is 8.80 Å². The Hall–Kier alpha value is 0.0469. The minimum atomic E-state index is -2.69. The van der Waals surface area contributed by atoms with E-state index in [1.54, 1.807) is 6.92 Å². The average molecular weight is 343 g/mol. The van der Waals surface area contributed by atoms with Gasteiger partial charge >= 0.3 is 14.8 Å². The molecular weight excluding hydrogens is 320 g/mol. The highest BCUT2D eigenvalue weighted by atomic mass is 79.9. The molecule has 0 heterocycles. The molecule has 0 spiro atoms. The average Bonchev–Trinajstić information content (AvgIpc) is 2.29. The molecule has 0 rings (SSSR count). The van der Waals surface area contributed by atoms with Crippen LogP contribution >= 0.6 is 15.9 Å². The molecule has 1 unspecified atom stereocenters. The van der Waals surface area contributed by atoms with Crippen molar-refractivity contribution in [1.82, 2.24) is 0 Å². The van der Waals surface area contributed by atoms with Crippen LogP contribution < -0.4 is 0 Å². The molecule has 0 aliphatic rings. The number of carbonyl (C=O) groups excluding carboxylic acids is 1. The van der Waals surface area contributed by atoms with Crippen LogP contribution in [0.1, 0.15) is 27.7 Å². The summed E-state index contributed by atoms with van der Waals surface area (Å²) in [6, 6.07) is 0.480. The Morgan fingerprint density at radius 1 is 1.11 bits per heavy atom. The van der Waals surface area contributed by atoms with Crippen molar-refractivity contribution in [3.8, 4) is 0 Å². The fourth-order valence-corrected chi connectivity index (χ4v) is 3.88. The van der Waals surface area contributed by atoms with Crippen LogP contribution in [0.4, 0.5) is 0 Å². The molecule has 0 N–H and O–H groups in total. The van der Waals surface area contributed by atoms with Crippen LogP contribution in [0, 0.1) is 0 Å². The summed E-state index contributed by atoms with van der Waals surface area (Å²) in [7, 11) is -2.69. The number of alkyl halides is 1. The SMILES string of the molecule is CCO[Si](CCOC(=O)C(C)Br)(OCC)OCC. The Morgan fingerprint density at radius 2 is 1.56 bits per heavy atom. The van der Waals surface area contributed by atoms with Crippen molar-refractivity contribution >= 4 is 30.7 Å². The van der Waals surface area contributed by atoms with Crippen LogP contribution in [0.15, 0.2) is 0 Å². The maximum Gasteiger partial charge on any atom is 0.504 e. The van der Waals surface area contributed by atoms with Gasteiger partial charge in [-0.2, -0.15) is 0 Å². The third-order valence-corrected chi connectivity index (χ3v) is 5.45. The van der Waals surface area contributed by atoms with E-state index in [1.165, 1.54) is 0 Å².